The van der Waals surface area contributed by atoms with Gasteiger partial charge in [-0.3, -0.25) is 4.79 Å². The highest BCUT2D eigenvalue weighted by Crippen LogP contribution is 2.30. The van der Waals surface area contributed by atoms with Gasteiger partial charge in [0.15, 0.2) is 6.61 Å². The monoisotopic (exact) mass is 365 g/mol. The van der Waals surface area contributed by atoms with Crippen LogP contribution in [0.5, 0.6) is 5.75 Å². The van der Waals surface area contributed by atoms with Crippen molar-refractivity contribution in [2.24, 2.45) is 0 Å². The molecule has 4 nitrogen and oxygen atoms in total. The summed E-state index contributed by atoms with van der Waals surface area (Å²) in [6.45, 7) is 1.81. The first kappa shape index (κ1) is 16.5. The van der Waals surface area contributed by atoms with Crippen LogP contribution in [0, 0.1) is 6.92 Å². The molecule has 4 rings (SSSR count). The number of hydrogen-bond donors (Lipinski definition) is 1. The Hall–Kier alpha value is -2.98. The number of hydrogen-bond acceptors (Lipinski definition) is 3. The molecule has 130 valence electrons. The van der Waals surface area contributed by atoms with E-state index in [4.69, 9.17) is 20.8 Å². The van der Waals surface area contributed by atoms with Crippen LogP contribution in [0.15, 0.2) is 65.1 Å². The molecule has 0 spiro atoms. The number of rotatable bonds is 4. The van der Waals surface area contributed by atoms with E-state index in [1.54, 1.807) is 18.2 Å². The van der Waals surface area contributed by atoms with E-state index in [2.05, 4.69) is 5.32 Å². The first-order valence-corrected chi connectivity index (χ1v) is 8.58. The highest BCUT2D eigenvalue weighted by atomic mass is 35.5. The van der Waals surface area contributed by atoms with Gasteiger partial charge in [0.25, 0.3) is 5.91 Å². The van der Waals surface area contributed by atoms with Crippen LogP contribution in [-0.4, -0.2) is 12.5 Å². The molecule has 0 aliphatic rings. The van der Waals surface area contributed by atoms with E-state index < -0.39 is 0 Å². The van der Waals surface area contributed by atoms with Gasteiger partial charge in [-0.25, -0.2) is 0 Å². The predicted octanol–water partition coefficient (Wildman–Crippen LogP) is 5.57. The lowest BCUT2D eigenvalue weighted by atomic mass is 10.1. The number of amides is 1. The van der Waals surface area contributed by atoms with Gasteiger partial charge in [0, 0.05) is 21.5 Å². The van der Waals surface area contributed by atoms with Gasteiger partial charge in [-0.2, -0.15) is 0 Å². The molecule has 0 fully saturated rings. The van der Waals surface area contributed by atoms with Gasteiger partial charge in [-0.05, 0) is 55.0 Å². The molecule has 5 heteroatoms. The zero-order valence-electron chi connectivity index (χ0n) is 14.1. The third-order valence-electron chi connectivity index (χ3n) is 4.16. The smallest absolute Gasteiger partial charge is 0.262 e. The fourth-order valence-corrected chi connectivity index (χ4v) is 3.15. The molecular weight excluding hydrogens is 350 g/mol. The summed E-state index contributed by atoms with van der Waals surface area (Å²) in [6.07, 6.45) is 0. The fourth-order valence-electron chi connectivity index (χ4n) is 2.92. The Bertz CT molecular complexity index is 1120. The summed E-state index contributed by atoms with van der Waals surface area (Å²) < 4.78 is 11.4. The minimum Gasteiger partial charge on any atom is -0.483 e. The number of nitrogens with one attached hydrogen (secondary N) is 1. The first-order valence-electron chi connectivity index (χ1n) is 8.20. The molecule has 0 radical (unpaired) electrons. The molecule has 1 amide bonds. The van der Waals surface area contributed by atoms with Gasteiger partial charge >= 0.3 is 0 Å². The Morgan fingerprint density at radius 2 is 1.85 bits per heavy atom. The lowest BCUT2D eigenvalue weighted by molar-refractivity contribution is -0.118. The molecule has 0 aliphatic carbocycles. The summed E-state index contributed by atoms with van der Waals surface area (Å²) in [5.41, 5.74) is 3.20. The molecule has 0 unspecified atom stereocenters. The first-order chi connectivity index (χ1) is 12.6. The van der Waals surface area contributed by atoms with Crippen LogP contribution < -0.4 is 10.1 Å². The topological polar surface area (TPSA) is 51.5 Å². The minimum atomic E-state index is -0.230. The van der Waals surface area contributed by atoms with Gasteiger partial charge < -0.3 is 14.5 Å². The second-order valence-electron chi connectivity index (χ2n) is 6.06. The summed E-state index contributed by atoms with van der Waals surface area (Å²) >= 11 is 5.92. The Balaban J connectivity index is 1.49. The molecular formula is C21H16ClNO3. The summed E-state index contributed by atoms with van der Waals surface area (Å²) in [7, 11) is 0. The van der Waals surface area contributed by atoms with E-state index in [0.29, 0.717) is 16.5 Å². The summed E-state index contributed by atoms with van der Waals surface area (Å²) in [4.78, 5) is 12.2. The third kappa shape index (κ3) is 3.24. The Labute approximate surface area is 155 Å². The van der Waals surface area contributed by atoms with Crippen molar-refractivity contribution < 1.29 is 13.9 Å². The van der Waals surface area contributed by atoms with Crippen molar-refractivity contribution in [3.05, 3.63) is 71.2 Å². The van der Waals surface area contributed by atoms with Crippen LogP contribution in [0.3, 0.4) is 0 Å². The number of carbonyl (C=O) groups excluding carboxylic acids is 1. The molecule has 0 aliphatic heterocycles. The fraction of sp³-hybridized carbons (Fsp3) is 0.0952. The number of ether oxygens (including phenoxy) is 1. The number of anilines is 1. The maximum atomic E-state index is 12.2. The number of fused-ring (bicyclic) bond motifs is 3. The van der Waals surface area contributed by atoms with Crippen molar-refractivity contribution in [2.45, 2.75) is 6.92 Å². The largest absolute Gasteiger partial charge is 0.483 e. The molecule has 1 aromatic heterocycles. The maximum Gasteiger partial charge on any atom is 0.262 e. The standard InChI is InChI=1S/C21H16ClNO3/c1-13-10-14(22)6-8-18(13)25-12-21(24)23-15-7-9-20-17(11-15)16-4-2-3-5-19(16)26-20/h2-11H,12H2,1H3,(H,23,24). The van der Waals surface area contributed by atoms with Crippen LogP contribution in [0.2, 0.25) is 5.02 Å². The summed E-state index contributed by atoms with van der Waals surface area (Å²) in [5.74, 6) is 0.410. The van der Waals surface area contributed by atoms with Crippen molar-refractivity contribution in [1.29, 1.82) is 0 Å². The van der Waals surface area contributed by atoms with E-state index >= 15 is 0 Å². The van der Waals surface area contributed by atoms with Crippen molar-refractivity contribution in [3.63, 3.8) is 0 Å². The molecule has 26 heavy (non-hydrogen) atoms. The second kappa shape index (κ2) is 6.73. The van der Waals surface area contributed by atoms with Gasteiger partial charge in [0.05, 0.1) is 0 Å². The number of benzene rings is 3. The number of furan rings is 1. The van der Waals surface area contributed by atoms with Crippen LogP contribution in [0.25, 0.3) is 21.9 Å². The maximum absolute atomic E-state index is 12.2. The molecule has 0 bridgehead atoms. The van der Waals surface area contributed by atoms with Gasteiger partial charge in [-0.1, -0.05) is 29.8 Å². The number of aryl methyl sites for hydroxylation is 1. The molecule has 3 aromatic carbocycles. The summed E-state index contributed by atoms with van der Waals surface area (Å²) in [5, 5.41) is 5.48. The zero-order valence-corrected chi connectivity index (χ0v) is 14.8. The zero-order chi connectivity index (χ0) is 18.1. The van der Waals surface area contributed by atoms with Gasteiger partial charge in [0.2, 0.25) is 0 Å². The normalized spacial score (nSPS) is 11.0. The summed E-state index contributed by atoms with van der Waals surface area (Å²) in [6, 6.07) is 18.7. The van der Waals surface area contributed by atoms with Crippen LogP contribution in [0.1, 0.15) is 5.56 Å². The van der Waals surface area contributed by atoms with E-state index in [9.17, 15) is 4.79 Å². The highest BCUT2D eigenvalue weighted by molar-refractivity contribution is 6.30. The van der Waals surface area contributed by atoms with E-state index in [-0.39, 0.29) is 12.5 Å². The Morgan fingerprint density at radius 1 is 1.04 bits per heavy atom. The van der Waals surface area contributed by atoms with Crippen molar-refractivity contribution >= 4 is 45.1 Å². The number of halogens is 1. The van der Waals surface area contributed by atoms with Crippen LogP contribution in [-0.2, 0) is 4.79 Å². The predicted molar refractivity (Wildman–Crippen MR) is 104 cm³/mol. The molecule has 0 atom stereocenters. The van der Waals surface area contributed by atoms with Gasteiger partial charge in [-0.15, -0.1) is 0 Å². The van der Waals surface area contributed by atoms with Crippen LogP contribution >= 0.6 is 11.6 Å². The molecule has 1 heterocycles. The van der Waals surface area contributed by atoms with E-state index in [1.165, 1.54) is 0 Å². The van der Waals surface area contributed by atoms with Gasteiger partial charge in [0.1, 0.15) is 16.9 Å². The molecule has 0 saturated carbocycles. The number of carbonyl (C=O) groups is 1. The number of para-hydroxylation sites is 1. The third-order valence-corrected chi connectivity index (χ3v) is 4.39. The Morgan fingerprint density at radius 3 is 2.69 bits per heavy atom. The Kier molecular flexibility index (Phi) is 4.27. The minimum absolute atomic E-state index is 0.0767. The molecule has 1 N–H and O–H groups in total. The highest BCUT2D eigenvalue weighted by Gasteiger charge is 2.10. The lowest BCUT2D eigenvalue weighted by Crippen LogP contribution is -2.20. The van der Waals surface area contributed by atoms with Crippen molar-refractivity contribution in [2.75, 3.05) is 11.9 Å². The van der Waals surface area contributed by atoms with E-state index in [1.807, 2.05) is 49.4 Å². The SMILES string of the molecule is Cc1cc(Cl)ccc1OCC(=O)Nc1ccc2oc3ccccc3c2c1. The molecule has 4 aromatic rings. The van der Waals surface area contributed by atoms with Crippen molar-refractivity contribution in [3.8, 4) is 5.75 Å². The molecule has 0 saturated heterocycles. The lowest BCUT2D eigenvalue weighted by Gasteiger charge is -2.10. The van der Waals surface area contributed by atoms with Crippen molar-refractivity contribution in [1.82, 2.24) is 0 Å². The second-order valence-corrected chi connectivity index (χ2v) is 6.49. The average molecular weight is 366 g/mol. The quantitative estimate of drug-likeness (QED) is 0.514. The average Bonchev–Trinajstić information content (AvgIpc) is 2.99. The van der Waals surface area contributed by atoms with E-state index in [0.717, 1.165) is 27.5 Å². The van der Waals surface area contributed by atoms with Crippen LogP contribution in [0.4, 0.5) is 5.69 Å².